The second-order valence-electron chi connectivity index (χ2n) is 7.61. The summed E-state index contributed by atoms with van der Waals surface area (Å²) in [7, 11) is 0. The summed E-state index contributed by atoms with van der Waals surface area (Å²) in [4.78, 5) is 7.50. The van der Waals surface area contributed by atoms with Crippen molar-refractivity contribution < 1.29 is 10.0 Å². The zero-order valence-electron chi connectivity index (χ0n) is 15.2. The van der Waals surface area contributed by atoms with Gasteiger partial charge in [-0.3, -0.25) is 0 Å². The molecule has 0 bridgehead atoms. The van der Waals surface area contributed by atoms with E-state index in [2.05, 4.69) is 30.0 Å². The van der Waals surface area contributed by atoms with Crippen molar-refractivity contribution in [3.63, 3.8) is 0 Å². The minimum Gasteiger partial charge on any atom is -0.492 e. The number of piperidine rings is 1. The molecular formula is C19H24ClN4OS+. The molecule has 3 aromatic rings. The highest BCUT2D eigenvalue weighted by atomic mass is 35.5. The Morgan fingerprint density at radius 1 is 1.27 bits per heavy atom. The first-order chi connectivity index (χ1) is 12.4. The highest BCUT2D eigenvalue weighted by Gasteiger charge is 2.37. The average Bonchev–Trinajstić information content (AvgIpc) is 3.07. The lowest BCUT2D eigenvalue weighted by atomic mass is 9.89. The SMILES string of the molecule is Cc1nc2sc([C@@H](c3ccccc3Cl)[NH+]3C[C@@H](C)C[C@H](C)C3)c(O)n2n1. The number of nitrogens with zero attached hydrogens (tertiary/aromatic N) is 3. The number of rotatable bonds is 3. The van der Waals surface area contributed by atoms with Gasteiger partial charge >= 0.3 is 0 Å². The van der Waals surface area contributed by atoms with Crippen molar-refractivity contribution in [2.24, 2.45) is 11.8 Å². The highest BCUT2D eigenvalue weighted by molar-refractivity contribution is 7.17. The molecular weight excluding hydrogens is 368 g/mol. The van der Waals surface area contributed by atoms with Gasteiger partial charge in [0.05, 0.1) is 18.1 Å². The first-order valence-electron chi connectivity index (χ1n) is 9.08. The molecule has 3 heterocycles. The van der Waals surface area contributed by atoms with E-state index in [-0.39, 0.29) is 11.9 Å². The molecule has 0 aliphatic carbocycles. The molecule has 1 saturated heterocycles. The Balaban J connectivity index is 1.85. The Morgan fingerprint density at radius 3 is 2.62 bits per heavy atom. The van der Waals surface area contributed by atoms with Crippen LogP contribution in [0.3, 0.4) is 0 Å². The van der Waals surface area contributed by atoms with Crippen molar-refractivity contribution >= 4 is 27.9 Å². The third-order valence-corrected chi connectivity index (χ3v) is 6.65. The number of hydrogen-bond acceptors (Lipinski definition) is 4. The van der Waals surface area contributed by atoms with Crippen molar-refractivity contribution in [1.82, 2.24) is 14.6 Å². The van der Waals surface area contributed by atoms with Crippen LogP contribution in [0.4, 0.5) is 0 Å². The van der Waals surface area contributed by atoms with Crippen LogP contribution in [0.25, 0.3) is 4.96 Å². The topological polar surface area (TPSA) is 54.9 Å². The van der Waals surface area contributed by atoms with Gasteiger partial charge in [0.15, 0.2) is 6.04 Å². The number of aromatic hydroxyl groups is 1. The molecule has 0 amide bonds. The summed E-state index contributed by atoms with van der Waals surface area (Å²) in [5.41, 5.74) is 1.06. The average molecular weight is 392 g/mol. The molecule has 0 saturated carbocycles. The number of likely N-dealkylation sites (tertiary alicyclic amines) is 1. The quantitative estimate of drug-likeness (QED) is 0.721. The lowest BCUT2D eigenvalue weighted by molar-refractivity contribution is -0.936. The van der Waals surface area contributed by atoms with Crippen LogP contribution in [0.1, 0.15) is 42.6 Å². The number of aryl methyl sites for hydroxylation is 1. The number of benzene rings is 1. The van der Waals surface area contributed by atoms with Crippen LogP contribution in [0.5, 0.6) is 5.88 Å². The highest BCUT2D eigenvalue weighted by Crippen LogP contribution is 2.37. The monoisotopic (exact) mass is 391 g/mol. The van der Waals surface area contributed by atoms with Crippen LogP contribution < -0.4 is 4.90 Å². The van der Waals surface area contributed by atoms with Gasteiger partial charge in [-0.15, -0.1) is 5.10 Å². The molecule has 0 radical (unpaired) electrons. The number of aromatic nitrogens is 3. The Morgan fingerprint density at radius 2 is 1.96 bits per heavy atom. The van der Waals surface area contributed by atoms with Crippen molar-refractivity contribution in [3.05, 3.63) is 45.6 Å². The summed E-state index contributed by atoms with van der Waals surface area (Å²) in [5.74, 6) is 2.14. The molecule has 1 aromatic carbocycles. The summed E-state index contributed by atoms with van der Waals surface area (Å²) in [5, 5.41) is 16.0. The van der Waals surface area contributed by atoms with Crippen LogP contribution in [0.15, 0.2) is 24.3 Å². The normalized spacial score (nSPS) is 24.8. The molecule has 1 fully saturated rings. The van der Waals surface area contributed by atoms with Crippen LogP contribution in [-0.4, -0.2) is 32.8 Å². The molecule has 1 aliphatic heterocycles. The minimum atomic E-state index is -0.0114. The van der Waals surface area contributed by atoms with E-state index in [0.29, 0.717) is 17.7 Å². The molecule has 4 rings (SSSR count). The van der Waals surface area contributed by atoms with Gasteiger partial charge in [-0.25, -0.2) is 4.98 Å². The lowest BCUT2D eigenvalue weighted by Crippen LogP contribution is -3.14. The zero-order valence-corrected chi connectivity index (χ0v) is 16.8. The smallest absolute Gasteiger partial charge is 0.235 e. The van der Waals surface area contributed by atoms with Gasteiger partial charge in [0.25, 0.3) is 0 Å². The fourth-order valence-corrected chi connectivity index (χ4v) is 5.78. The largest absolute Gasteiger partial charge is 0.492 e. The van der Waals surface area contributed by atoms with Crippen LogP contribution in [0, 0.1) is 18.8 Å². The van der Waals surface area contributed by atoms with Crippen LogP contribution in [-0.2, 0) is 0 Å². The predicted molar refractivity (Wildman–Crippen MR) is 104 cm³/mol. The Kier molecular flexibility index (Phi) is 4.67. The molecule has 2 N–H and O–H groups in total. The Labute approximate surface area is 162 Å². The van der Waals surface area contributed by atoms with E-state index in [1.165, 1.54) is 22.7 Å². The summed E-state index contributed by atoms with van der Waals surface area (Å²) in [6, 6.07) is 7.96. The molecule has 3 atom stereocenters. The van der Waals surface area contributed by atoms with E-state index in [0.717, 1.165) is 33.5 Å². The molecule has 7 heteroatoms. The zero-order chi connectivity index (χ0) is 18.4. The molecule has 0 unspecified atom stereocenters. The fraction of sp³-hybridized carbons (Fsp3) is 0.474. The summed E-state index contributed by atoms with van der Waals surface area (Å²) >= 11 is 8.10. The van der Waals surface area contributed by atoms with Crippen LogP contribution in [0.2, 0.25) is 5.02 Å². The summed E-state index contributed by atoms with van der Waals surface area (Å²) in [6.07, 6.45) is 1.25. The van der Waals surface area contributed by atoms with Crippen LogP contribution >= 0.6 is 22.9 Å². The van der Waals surface area contributed by atoms with E-state index in [9.17, 15) is 5.11 Å². The maximum Gasteiger partial charge on any atom is 0.235 e. The predicted octanol–water partition coefficient (Wildman–Crippen LogP) is 3.11. The first-order valence-corrected chi connectivity index (χ1v) is 10.3. The third kappa shape index (κ3) is 3.10. The second-order valence-corrected chi connectivity index (χ2v) is 9.03. The standard InChI is InChI=1S/C19H23ClN4OS/c1-11-8-12(2)10-23(9-11)16(14-6-4-5-7-15(14)20)17-18(25)24-19(26-17)21-13(3)22-24/h4-7,11-12,16,25H,8-10H2,1-3H3/p+1/t11-,12-,16+/m0/s1. The van der Waals surface area contributed by atoms with Crippen molar-refractivity contribution in [2.75, 3.05) is 13.1 Å². The van der Waals surface area contributed by atoms with Crippen molar-refractivity contribution in [3.8, 4) is 5.88 Å². The van der Waals surface area contributed by atoms with Gasteiger partial charge in [-0.05, 0) is 19.4 Å². The van der Waals surface area contributed by atoms with E-state index in [1.807, 2.05) is 25.1 Å². The van der Waals surface area contributed by atoms with Gasteiger partial charge in [-0.1, -0.05) is 55.0 Å². The molecule has 26 heavy (non-hydrogen) atoms. The fourth-order valence-electron chi connectivity index (χ4n) is 4.36. The van der Waals surface area contributed by atoms with Gasteiger partial charge in [-0.2, -0.15) is 4.52 Å². The summed E-state index contributed by atoms with van der Waals surface area (Å²) in [6.45, 7) is 8.58. The Hall–Kier alpha value is -1.63. The van der Waals surface area contributed by atoms with Gasteiger partial charge in [0.1, 0.15) is 10.7 Å². The number of halogens is 1. The number of quaternary nitrogens is 1. The molecule has 2 aromatic heterocycles. The number of fused-ring (bicyclic) bond motifs is 1. The van der Waals surface area contributed by atoms with Crippen molar-refractivity contribution in [1.29, 1.82) is 0 Å². The van der Waals surface area contributed by atoms with Gasteiger partial charge in [0.2, 0.25) is 10.8 Å². The number of nitrogens with one attached hydrogen (secondary N) is 1. The number of thiazole rings is 1. The lowest BCUT2D eigenvalue weighted by Gasteiger charge is -2.37. The molecule has 0 spiro atoms. The molecule has 1 aliphatic rings. The maximum absolute atomic E-state index is 10.9. The minimum absolute atomic E-state index is 0.0114. The van der Waals surface area contributed by atoms with E-state index >= 15 is 0 Å². The van der Waals surface area contributed by atoms with Gasteiger partial charge in [0, 0.05) is 17.4 Å². The van der Waals surface area contributed by atoms with E-state index < -0.39 is 0 Å². The molecule has 5 nitrogen and oxygen atoms in total. The molecule has 138 valence electrons. The number of hydrogen-bond donors (Lipinski definition) is 2. The third-order valence-electron chi connectivity index (χ3n) is 5.22. The first kappa shape index (κ1) is 17.8. The van der Waals surface area contributed by atoms with Gasteiger partial charge < -0.3 is 10.0 Å². The second kappa shape index (κ2) is 6.83. The van der Waals surface area contributed by atoms with Crippen molar-refractivity contribution in [2.45, 2.75) is 33.2 Å². The maximum atomic E-state index is 10.9. The summed E-state index contributed by atoms with van der Waals surface area (Å²) < 4.78 is 1.55. The van der Waals surface area contributed by atoms with E-state index in [4.69, 9.17) is 11.6 Å². The van der Waals surface area contributed by atoms with E-state index in [1.54, 1.807) is 4.52 Å². The Bertz CT molecular complexity index is 927.